The highest BCUT2D eigenvalue weighted by Crippen LogP contribution is 2.20. The van der Waals surface area contributed by atoms with Gasteiger partial charge in [0.2, 0.25) is 0 Å². The molecule has 0 radical (unpaired) electrons. The second-order valence-corrected chi connectivity index (χ2v) is 4.33. The summed E-state index contributed by atoms with van der Waals surface area (Å²) in [6, 6.07) is 3.25. The summed E-state index contributed by atoms with van der Waals surface area (Å²) in [6.07, 6.45) is -2.72. The minimum Gasteiger partial charge on any atom is -0.384 e. The van der Waals surface area contributed by atoms with Crippen LogP contribution in [0.25, 0.3) is 0 Å². The van der Waals surface area contributed by atoms with Gasteiger partial charge in [0.25, 0.3) is 5.91 Å². The van der Waals surface area contributed by atoms with E-state index in [2.05, 4.69) is 15.6 Å². The molecule has 1 amide bonds. The molecule has 20 heavy (non-hydrogen) atoms. The molecule has 1 heterocycles. The zero-order chi connectivity index (χ0) is 15.0. The molecule has 0 aliphatic carbocycles. The normalized spacial score (nSPS) is 11.2. The van der Waals surface area contributed by atoms with E-state index >= 15 is 0 Å². The Morgan fingerprint density at radius 1 is 1.30 bits per heavy atom. The molecule has 1 aromatic rings. The van der Waals surface area contributed by atoms with Gasteiger partial charge in [0, 0.05) is 19.5 Å². The highest BCUT2D eigenvalue weighted by atomic mass is 19.4. The summed E-state index contributed by atoms with van der Waals surface area (Å²) in [4.78, 5) is 15.6. The van der Waals surface area contributed by atoms with E-state index < -0.39 is 18.5 Å². The van der Waals surface area contributed by atoms with Crippen molar-refractivity contribution in [2.45, 2.75) is 32.4 Å². The van der Waals surface area contributed by atoms with Gasteiger partial charge in [0.15, 0.2) is 0 Å². The van der Waals surface area contributed by atoms with Gasteiger partial charge in [-0.3, -0.25) is 4.79 Å². The Hall–Kier alpha value is -1.79. The second kappa shape index (κ2) is 7.72. The Balaban J connectivity index is 2.36. The fourth-order valence-electron chi connectivity index (χ4n) is 1.48. The van der Waals surface area contributed by atoms with Crippen LogP contribution < -0.4 is 10.6 Å². The molecule has 0 saturated heterocycles. The van der Waals surface area contributed by atoms with Crippen LogP contribution in [0.3, 0.4) is 0 Å². The highest BCUT2D eigenvalue weighted by Gasteiger charge is 2.26. The van der Waals surface area contributed by atoms with Gasteiger partial charge in [-0.25, -0.2) is 4.98 Å². The molecule has 0 fully saturated rings. The van der Waals surface area contributed by atoms with Crippen LogP contribution in [0.15, 0.2) is 18.3 Å². The minimum atomic E-state index is -4.18. The van der Waals surface area contributed by atoms with Crippen molar-refractivity contribution in [2.75, 3.05) is 18.4 Å². The molecule has 0 aromatic carbocycles. The predicted molar refractivity (Wildman–Crippen MR) is 70.6 cm³/mol. The van der Waals surface area contributed by atoms with Gasteiger partial charge in [-0.15, -0.1) is 0 Å². The van der Waals surface area contributed by atoms with Crippen LogP contribution in [0.5, 0.6) is 0 Å². The molecular weight excluding hydrogens is 271 g/mol. The van der Waals surface area contributed by atoms with Gasteiger partial charge in [0.1, 0.15) is 5.69 Å². The van der Waals surface area contributed by atoms with Crippen LogP contribution in [0.4, 0.5) is 18.9 Å². The number of hydrogen-bond acceptors (Lipinski definition) is 3. The van der Waals surface area contributed by atoms with Gasteiger partial charge in [-0.1, -0.05) is 6.92 Å². The maximum atomic E-state index is 11.9. The summed E-state index contributed by atoms with van der Waals surface area (Å²) in [5, 5.41) is 5.52. The quantitative estimate of drug-likeness (QED) is 0.759. The van der Waals surface area contributed by atoms with E-state index in [0.717, 1.165) is 18.7 Å². The number of alkyl halides is 3. The number of carbonyl (C=O) groups excluding carboxylic acids is 1. The molecule has 7 heteroatoms. The molecule has 1 aromatic heterocycles. The molecule has 1 rings (SSSR count). The largest absolute Gasteiger partial charge is 0.389 e. The number of nitrogens with one attached hydrogen (secondary N) is 2. The summed E-state index contributed by atoms with van der Waals surface area (Å²) < 4.78 is 35.8. The van der Waals surface area contributed by atoms with E-state index in [-0.39, 0.29) is 18.7 Å². The van der Waals surface area contributed by atoms with Crippen molar-refractivity contribution in [1.82, 2.24) is 10.3 Å². The number of pyridine rings is 1. The van der Waals surface area contributed by atoms with Crippen LogP contribution in [0, 0.1) is 0 Å². The average molecular weight is 289 g/mol. The standard InChI is InChI=1S/C13H18F3N3O/c1-2-7-17-10-4-5-11(19-9-10)12(20)18-8-3-6-13(14,15)16/h4-5,9,17H,2-3,6-8H2,1H3,(H,18,20). The fourth-order valence-corrected chi connectivity index (χ4v) is 1.48. The molecular formula is C13H18F3N3O. The van der Waals surface area contributed by atoms with Crippen molar-refractivity contribution >= 4 is 11.6 Å². The summed E-state index contributed by atoms with van der Waals surface area (Å²) >= 11 is 0. The molecule has 0 saturated carbocycles. The maximum Gasteiger partial charge on any atom is 0.389 e. The van der Waals surface area contributed by atoms with E-state index in [1.54, 1.807) is 6.07 Å². The number of anilines is 1. The molecule has 0 bridgehead atoms. The molecule has 0 atom stereocenters. The third-order valence-corrected chi connectivity index (χ3v) is 2.50. The van der Waals surface area contributed by atoms with Crippen molar-refractivity contribution in [3.05, 3.63) is 24.0 Å². The zero-order valence-corrected chi connectivity index (χ0v) is 11.3. The van der Waals surface area contributed by atoms with Crippen molar-refractivity contribution in [1.29, 1.82) is 0 Å². The van der Waals surface area contributed by atoms with Crippen LogP contribution >= 0.6 is 0 Å². The van der Waals surface area contributed by atoms with E-state index in [9.17, 15) is 18.0 Å². The molecule has 0 unspecified atom stereocenters. The van der Waals surface area contributed by atoms with E-state index in [1.807, 2.05) is 6.92 Å². The number of carbonyl (C=O) groups is 1. The minimum absolute atomic E-state index is 0.0180. The zero-order valence-electron chi connectivity index (χ0n) is 11.3. The summed E-state index contributed by atoms with van der Waals surface area (Å²) in [5.74, 6) is -0.464. The van der Waals surface area contributed by atoms with Crippen LogP contribution in [-0.4, -0.2) is 30.2 Å². The van der Waals surface area contributed by atoms with Crippen molar-refractivity contribution in [3.8, 4) is 0 Å². The number of amides is 1. The lowest BCUT2D eigenvalue weighted by Crippen LogP contribution is -2.26. The van der Waals surface area contributed by atoms with Gasteiger partial charge in [-0.05, 0) is 25.0 Å². The van der Waals surface area contributed by atoms with E-state index in [1.165, 1.54) is 12.3 Å². The molecule has 0 aliphatic rings. The summed E-state index contributed by atoms with van der Waals surface area (Å²) in [6.45, 7) is 2.82. The number of rotatable bonds is 7. The Morgan fingerprint density at radius 3 is 2.60 bits per heavy atom. The Labute approximate surface area is 115 Å². The number of hydrogen-bond donors (Lipinski definition) is 2. The summed E-state index contributed by atoms with van der Waals surface area (Å²) in [5.41, 5.74) is 1.000. The molecule has 0 aliphatic heterocycles. The van der Waals surface area contributed by atoms with Crippen molar-refractivity contribution in [3.63, 3.8) is 0 Å². The first-order valence-corrected chi connectivity index (χ1v) is 6.47. The number of halogens is 3. The number of aromatic nitrogens is 1. The van der Waals surface area contributed by atoms with Crippen LogP contribution in [0.1, 0.15) is 36.7 Å². The topological polar surface area (TPSA) is 54.0 Å². The second-order valence-electron chi connectivity index (χ2n) is 4.33. The van der Waals surface area contributed by atoms with Gasteiger partial charge >= 0.3 is 6.18 Å². The lowest BCUT2D eigenvalue weighted by atomic mass is 10.3. The Bertz CT molecular complexity index is 418. The molecule has 112 valence electrons. The van der Waals surface area contributed by atoms with Gasteiger partial charge in [-0.2, -0.15) is 13.2 Å². The molecule has 0 spiro atoms. The van der Waals surface area contributed by atoms with Crippen LogP contribution in [0.2, 0.25) is 0 Å². The highest BCUT2D eigenvalue weighted by molar-refractivity contribution is 5.92. The summed E-state index contributed by atoms with van der Waals surface area (Å²) in [7, 11) is 0. The monoisotopic (exact) mass is 289 g/mol. The van der Waals surface area contributed by atoms with Gasteiger partial charge < -0.3 is 10.6 Å². The third-order valence-electron chi connectivity index (χ3n) is 2.50. The third kappa shape index (κ3) is 6.40. The van der Waals surface area contributed by atoms with E-state index in [4.69, 9.17) is 0 Å². The predicted octanol–water partition coefficient (Wildman–Crippen LogP) is 2.98. The SMILES string of the molecule is CCCNc1ccc(C(=O)NCCCC(F)(F)F)nc1. The van der Waals surface area contributed by atoms with Gasteiger partial charge in [0.05, 0.1) is 11.9 Å². The first-order chi connectivity index (χ1) is 9.42. The van der Waals surface area contributed by atoms with Crippen molar-refractivity contribution < 1.29 is 18.0 Å². The molecule has 4 nitrogen and oxygen atoms in total. The first kappa shape index (κ1) is 16.3. The van der Waals surface area contributed by atoms with E-state index in [0.29, 0.717) is 0 Å². The lowest BCUT2D eigenvalue weighted by molar-refractivity contribution is -0.135. The smallest absolute Gasteiger partial charge is 0.384 e. The average Bonchev–Trinajstić information content (AvgIpc) is 2.40. The maximum absolute atomic E-state index is 11.9. The van der Waals surface area contributed by atoms with Crippen LogP contribution in [-0.2, 0) is 0 Å². The Morgan fingerprint density at radius 2 is 2.05 bits per heavy atom. The number of nitrogens with zero attached hydrogens (tertiary/aromatic N) is 1. The molecule has 2 N–H and O–H groups in total. The first-order valence-electron chi connectivity index (χ1n) is 6.47. The fraction of sp³-hybridized carbons (Fsp3) is 0.538. The lowest BCUT2D eigenvalue weighted by Gasteiger charge is -2.08. The Kier molecular flexibility index (Phi) is 6.27. The van der Waals surface area contributed by atoms with Crippen molar-refractivity contribution in [2.24, 2.45) is 0 Å².